The molecule has 0 spiro atoms. The lowest BCUT2D eigenvalue weighted by atomic mass is 9.56. The molecule has 0 amide bonds. The van der Waals surface area contributed by atoms with Crippen molar-refractivity contribution < 1.29 is 4.74 Å². The third-order valence-electron chi connectivity index (χ3n) is 2.35. The summed E-state index contributed by atoms with van der Waals surface area (Å²) in [5.74, 6) is 0.680. The van der Waals surface area contributed by atoms with Crippen LogP contribution in [-0.2, 0) is 4.74 Å². The third kappa shape index (κ3) is 4.81. The predicted octanol–water partition coefficient (Wildman–Crippen LogP) is 2.73. The minimum atomic E-state index is 0.362. The predicted molar refractivity (Wildman–Crippen MR) is 57.3 cm³/mol. The zero-order valence-corrected chi connectivity index (χ0v) is 9.48. The first-order valence-electron chi connectivity index (χ1n) is 4.99. The largest absolute Gasteiger partial charge is 0.379 e. The summed E-state index contributed by atoms with van der Waals surface area (Å²) in [6.07, 6.45) is 0.362. The van der Waals surface area contributed by atoms with E-state index >= 15 is 0 Å². The molecule has 0 aliphatic rings. The fourth-order valence-corrected chi connectivity index (χ4v) is 1.29. The van der Waals surface area contributed by atoms with Crippen LogP contribution in [0.3, 0.4) is 0 Å². The van der Waals surface area contributed by atoms with Gasteiger partial charge in [0.2, 0.25) is 0 Å². The van der Waals surface area contributed by atoms with Crippen LogP contribution in [0, 0.1) is 5.41 Å². The van der Waals surface area contributed by atoms with Gasteiger partial charge in [0.05, 0.1) is 6.10 Å². The SMILES string of the molecule is CBC(COC(C)C)C(C)(C)C. The van der Waals surface area contributed by atoms with Crippen molar-refractivity contribution in [1.82, 2.24) is 0 Å². The zero-order chi connectivity index (χ0) is 9.78. The van der Waals surface area contributed by atoms with Crippen LogP contribution in [0.15, 0.2) is 0 Å². The van der Waals surface area contributed by atoms with Gasteiger partial charge in [-0.25, -0.2) is 0 Å². The molecule has 0 aliphatic carbocycles. The van der Waals surface area contributed by atoms with Gasteiger partial charge < -0.3 is 4.74 Å². The Morgan fingerprint density at radius 1 is 1.25 bits per heavy atom. The van der Waals surface area contributed by atoms with Crippen molar-refractivity contribution in [1.29, 1.82) is 0 Å². The monoisotopic (exact) mass is 170 g/mol. The molecule has 0 aromatic carbocycles. The maximum atomic E-state index is 5.62. The maximum Gasteiger partial charge on any atom is 0.124 e. The van der Waals surface area contributed by atoms with Crippen LogP contribution in [-0.4, -0.2) is 20.0 Å². The summed E-state index contributed by atoms with van der Waals surface area (Å²) in [6.45, 7) is 14.2. The molecule has 12 heavy (non-hydrogen) atoms. The lowest BCUT2D eigenvalue weighted by Crippen LogP contribution is -2.25. The minimum Gasteiger partial charge on any atom is -0.379 e. The van der Waals surface area contributed by atoms with E-state index in [0.717, 1.165) is 6.61 Å². The van der Waals surface area contributed by atoms with Crippen molar-refractivity contribution >= 4 is 7.28 Å². The van der Waals surface area contributed by atoms with Gasteiger partial charge >= 0.3 is 0 Å². The summed E-state index contributed by atoms with van der Waals surface area (Å²) in [5.41, 5.74) is 0.379. The Kier molecular flexibility index (Phi) is 4.92. The van der Waals surface area contributed by atoms with Crippen LogP contribution < -0.4 is 0 Å². The van der Waals surface area contributed by atoms with Gasteiger partial charge in [-0.3, -0.25) is 0 Å². The van der Waals surface area contributed by atoms with E-state index in [4.69, 9.17) is 4.74 Å². The van der Waals surface area contributed by atoms with Gasteiger partial charge in [0, 0.05) is 6.61 Å². The first kappa shape index (κ1) is 12.0. The number of hydrogen-bond donors (Lipinski definition) is 0. The molecule has 2 heteroatoms. The van der Waals surface area contributed by atoms with E-state index in [1.54, 1.807) is 0 Å². The van der Waals surface area contributed by atoms with Crippen LogP contribution in [0.5, 0.6) is 0 Å². The molecule has 0 saturated heterocycles. The molecule has 0 aromatic heterocycles. The van der Waals surface area contributed by atoms with Crippen molar-refractivity contribution in [3.63, 3.8) is 0 Å². The summed E-state index contributed by atoms with van der Waals surface area (Å²) >= 11 is 0. The summed E-state index contributed by atoms with van der Waals surface area (Å²) in [6, 6.07) is 0. The Morgan fingerprint density at radius 3 is 2.00 bits per heavy atom. The second-order valence-electron chi connectivity index (χ2n) is 4.85. The second-order valence-corrected chi connectivity index (χ2v) is 4.85. The molecule has 0 heterocycles. The average Bonchev–Trinajstić information content (AvgIpc) is 1.85. The molecule has 1 nitrogen and oxygen atoms in total. The fraction of sp³-hybridized carbons (Fsp3) is 1.00. The van der Waals surface area contributed by atoms with Crippen molar-refractivity contribution in [2.75, 3.05) is 6.61 Å². The second kappa shape index (κ2) is 4.91. The van der Waals surface area contributed by atoms with Crippen LogP contribution in [0.4, 0.5) is 0 Å². The molecule has 0 bridgehead atoms. The summed E-state index contributed by atoms with van der Waals surface area (Å²) in [7, 11) is 1.20. The minimum absolute atomic E-state index is 0.362. The highest BCUT2D eigenvalue weighted by Gasteiger charge is 2.23. The highest BCUT2D eigenvalue weighted by Crippen LogP contribution is 2.30. The van der Waals surface area contributed by atoms with E-state index in [1.165, 1.54) is 7.28 Å². The Bertz CT molecular complexity index is 115. The molecule has 0 saturated carbocycles. The maximum absolute atomic E-state index is 5.62. The van der Waals surface area contributed by atoms with Crippen molar-refractivity contribution in [2.24, 2.45) is 5.41 Å². The smallest absolute Gasteiger partial charge is 0.124 e. The third-order valence-corrected chi connectivity index (χ3v) is 2.35. The Morgan fingerprint density at radius 2 is 1.75 bits per heavy atom. The van der Waals surface area contributed by atoms with Crippen LogP contribution in [0.1, 0.15) is 34.6 Å². The summed E-state index contributed by atoms with van der Waals surface area (Å²) in [5, 5.41) is 0. The first-order valence-corrected chi connectivity index (χ1v) is 4.99. The van der Waals surface area contributed by atoms with E-state index in [0.29, 0.717) is 17.3 Å². The van der Waals surface area contributed by atoms with Crippen LogP contribution in [0.2, 0.25) is 12.6 Å². The van der Waals surface area contributed by atoms with Gasteiger partial charge in [0.1, 0.15) is 7.28 Å². The van der Waals surface area contributed by atoms with Gasteiger partial charge in [0.25, 0.3) is 0 Å². The molecule has 0 radical (unpaired) electrons. The van der Waals surface area contributed by atoms with Gasteiger partial charge in [-0.15, -0.1) is 0 Å². The Hall–Kier alpha value is 0.0249. The van der Waals surface area contributed by atoms with E-state index in [9.17, 15) is 0 Å². The first-order chi connectivity index (χ1) is 5.38. The lowest BCUT2D eigenvalue weighted by molar-refractivity contribution is 0.0605. The summed E-state index contributed by atoms with van der Waals surface area (Å²) < 4.78 is 5.62. The van der Waals surface area contributed by atoms with E-state index < -0.39 is 0 Å². The average molecular weight is 170 g/mol. The standard InChI is InChI=1S/C10H23BO/c1-8(2)12-7-9(11-6)10(3,4)5/h8-9,11H,7H2,1-6H3. The normalized spacial score (nSPS) is 14.9. The highest BCUT2D eigenvalue weighted by molar-refractivity contribution is 6.36. The van der Waals surface area contributed by atoms with Crippen molar-refractivity contribution in [3.8, 4) is 0 Å². The van der Waals surface area contributed by atoms with Gasteiger partial charge in [-0.1, -0.05) is 27.6 Å². The van der Waals surface area contributed by atoms with Crippen molar-refractivity contribution in [2.45, 2.75) is 53.4 Å². The number of ether oxygens (including phenoxy) is 1. The van der Waals surface area contributed by atoms with E-state index in [2.05, 4.69) is 41.4 Å². The number of rotatable bonds is 4. The lowest BCUT2D eigenvalue weighted by Gasteiger charge is -2.29. The molecular formula is C10H23BO. The number of hydrogen-bond acceptors (Lipinski definition) is 1. The molecule has 0 aromatic rings. The van der Waals surface area contributed by atoms with Crippen molar-refractivity contribution in [3.05, 3.63) is 0 Å². The molecule has 0 aliphatic heterocycles. The van der Waals surface area contributed by atoms with Crippen LogP contribution >= 0.6 is 0 Å². The fourth-order valence-electron chi connectivity index (χ4n) is 1.29. The highest BCUT2D eigenvalue weighted by atomic mass is 16.5. The van der Waals surface area contributed by atoms with E-state index in [1.807, 2.05) is 0 Å². The van der Waals surface area contributed by atoms with Crippen LogP contribution in [0.25, 0.3) is 0 Å². The van der Waals surface area contributed by atoms with E-state index in [-0.39, 0.29) is 0 Å². The summed E-state index contributed by atoms with van der Waals surface area (Å²) in [4.78, 5) is 0. The quantitative estimate of drug-likeness (QED) is 0.589. The molecule has 0 N–H and O–H groups in total. The molecule has 72 valence electrons. The molecule has 1 unspecified atom stereocenters. The topological polar surface area (TPSA) is 9.23 Å². The van der Waals surface area contributed by atoms with Gasteiger partial charge in [-0.2, -0.15) is 0 Å². The Balaban J connectivity index is 3.84. The van der Waals surface area contributed by atoms with Gasteiger partial charge in [0.15, 0.2) is 0 Å². The molecule has 0 rings (SSSR count). The van der Waals surface area contributed by atoms with Gasteiger partial charge in [-0.05, 0) is 25.1 Å². The molecular weight excluding hydrogens is 147 g/mol. The zero-order valence-electron chi connectivity index (χ0n) is 9.48. The molecule has 1 atom stereocenters. The Labute approximate surface area is 78.1 Å². The molecule has 0 fully saturated rings.